The number of piperidine rings is 1. The van der Waals surface area contributed by atoms with Crippen LogP contribution in [0.25, 0.3) is 0 Å². The molecule has 0 spiro atoms. The molecule has 1 heterocycles. The number of halogens is 1. The zero-order valence-corrected chi connectivity index (χ0v) is 13.0. The molecule has 3 rings (SSSR count). The summed E-state index contributed by atoms with van der Waals surface area (Å²) in [6, 6.07) is 7.07. The monoisotopic (exact) mass is 304 g/mol. The van der Waals surface area contributed by atoms with Crippen LogP contribution in [-0.4, -0.2) is 29.9 Å². The third-order valence-electron chi connectivity index (χ3n) is 5.16. The van der Waals surface area contributed by atoms with E-state index in [4.69, 9.17) is 5.73 Å². The van der Waals surface area contributed by atoms with Gasteiger partial charge in [0.05, 0.1) is 0 Å². The molecule has 1 amide bonds. The Morgan fingerprint density at radius 1 is 1.23 bits per heavy atom. The Balaban J connectivity index is 1.49. The van der Waals surface area contributed by atoms with E-state index in [0.717, 1.165) is 57.2 Å². The number of amides is 1. The maximum Gasteiger partial charge on any atom is 0.225 e. The van der Waals surface area contributed by atoms with E-state index in [1.807, 2.05) is 11.0 Å². The number of hydrogen-bond acceptors (Lipinski definition) is 2. The molecule has 1 aromatic carbocycles. The molecule has 0 bridgehead atoms. The fourth-order valence-electron chi connectivity index (χ4n) is 3.85. The number of carbonyl (C=O) groups excluding carboxylic acids is 1. The molecule has 2 aliphatic rings. The van der Waals surface area contributed by atoms with Crippen molar-refractivity contribution in [2.24, 2.45) is 17.6 Å². The Labute approximate surface area is 131 Å². The van der Waals surface area contributed by atoms with E-state index in [9.17, 15) is 9.18 Å². The highest BCUT2D eigenvalue weighted by atomic mass is 19.1. The molecule has 2 fully saturated rings. The molecule has 2 N–H and O–H groups in total. The molecule has 1 aliphatic carbocycles. The van der Waals surface area contributed by atoms with Gasteiger partial charge in [-0.05, 0) is 62.1 Å². The van der Waals surface area contributed by atoms with E-state index in [1.54, 1.807) is 12.1 Å². The maximum absolute atomic E-state index is 13.2. The zero-order valence-electron chi connectivity index (χ0n) is 13.0. The first-order valence-corrected chi connectivity index (χ1v) is 8.40. The SMILES string of the molecule is NC1CCC(C(=O)N2CCC(Cc3cccc(F)c3)CC2)C1. The van der Waals surface area contributed by atoms with Crippen molar-refractivity contribution in [1.29, 1.82) is 0 Å². The lowest BCUT2D eigenvalue weighted by Crippen LogP contribution is -2.41. The molecular weight excluding hydrogens is 279 g/mol. The van der Waals surface area contributed by atoms with Crippen LogP contribution in [0.15, 0.2) is 24.3 Å². The van der Waals surface area contributed by atoms with Gasteiger partial charge in [0.2, 0.25) is 5.91 Å². The van der Waals surface area contributed by atoms with Crippen LogP contribution < -0.4 is 5.73 Å². The number of carbonyl (C=O) groups is 1. The van der Waals surface area contributed by atoms with Crippen LogP contribution in [-0.2, 0) is 11.2 Å². The summed E-state index contributed by atoms with van der Waals surface area (Å²) in [6.45, 7) is 1.68. The molecule has 1 aromatic rings. The smallest absolute Gasteiger partial charge is 0.225 e. The second-order valence-electron chi connectivity index (χ2n) is 6.87. The normalized spacial score (nSPS) is 26.4. The first-order valence-electron chi connectivity index (χ1n) is 8.40. The largest absolute Gasteiger partial charge is 0.342 e. The van der Waals surface area contributed by atoms with Gasteiger partial charge in [-0.2, -0.15) is 0 Å². The summed E-state index contributed by atoms with van der Waals surface area (Å²) in [4.78, 5) is 14.5. The number of likely N-dealkylation sites (tertiary alicyclic amines) is 1. The molecular formula is C18H25FN2O. The third-order valence-corrected chi connectivity index (χ3v) is 5.16. The van der Waals surface area contributed by atoms with Gasteiger partial charge in [0.15, 0.2) is 0 Å². The van der Waals surface area contributed by atoms with Crippen molar-refractivity contribution in [3.63, 3.8) is 0 Å². The zero-order chi connectivity index (χ0) is 15.5. The molecule has 2 atom stereocenters. The van der Waals surface area contributed by atoms with E-state index in [-0.39, 0.29) is 17.8 Å². The summed E-state index contributed by atoms with van der Waals surface area (Å²) in [7, 11) is 0. The van der Waals surface area contributed by atoms with Crippen molar-refractivity contribution in [3.05, 3.63) is 35.6 Å². The van der Waals surface area contributed by atoms with Gasteiger partial charge in [-0.1, -0.05) is 12.1 Å². The van der Waals surface area contributed by atoms with Gasteiger partial charge >= 0.3 is 0 Å². The molecule has 22 heavy (non-hydrogen) atoms. The molecule has 1 saturated carbocycles. The fraction of sp³-hybridized carbons (Fsp3) is 0.611. The van der Waals surface area contributed by atoms with E-state index < -0.39 is 0 Å². The third kappa shape index (κ3) is 3.67. The molecule has 3 nitrogen and oxygen atoms in total. The van der Waals surface area contributed by atoms with Crippen molar-refractivity contribution in [2.45, 2.75) is 44.6 Å². The van der Waals surface area contributed by atoms with Gasteiger partial charge in [-0.25, -0.2) is 4.39 Å². The molecule has 1 aliphatic heterocycles. The minimum absolute atomic E-state index is 0.148. The summed E-state index contributed by atoms with van der Waals surface area (Å²) in [6.07, 6.45) is 5.72. The van der Waals surface area contributed by atoms with Crippen LogP contribution in [0.2, 0.25) is 0 Å². The molecule has 120 valence electrons. The van der Waals surface area contributed by atoms with Crippen LogP contribution >= 0.6 is 0 Å². The van der Waals surface area contributed by atoms with Gasteiger partial charge in [0.1, 0.15) is 5.82 Å². The Morgan fingerprint density at radius 3 is 2.64 bits per heavy atom. The standard InChI is InChI=1S/C18H25FN2O/c19-16-3-1-2-14(11-16)10-13-6-8-21(9-7-13)18(22)15-4-5-17(20)12-15/h1-3,11,13,15,17H,4-10,12,20H2. The Hall–Kier alpha value is -1.42. The first-order chi connectivity index (χ1) is 10.6. The summed E-state index contributed by atoms with van der Waals surface area (Å²) in [5, 5.41) is 0. The minimum Gasteiger partial charge on any atom is -0.342 e. The highest BCUT2D eigenvalue weighted by molar-refractivity contribution is 5.79. The van der Waals surface area contributed by atoms with Gasteiger partial charge in [0, 0.05) is 25.0 Å². The number of benzene rings is 1. The fourth-order valence-corrected chi connectivity index (χ4v) is 3.85. The molecule has 4 heteroatoms. The number of rotatable bonds is 3. The predicted octanol–water partition coefficient (Wildman–Crippen LogP) is 2.73. The van der Waals surface area contributed by atoms with E-state index in [0.29, 0.717) is 11.8 Å². The lowest BCUT2D eigenvalue weighted by atomic mass is 9.89. The van der Waals surface area contributed by atoms with Gasteiger partial charge in [-0.3, -0.25) is 4.79 Å². The van der Waals surface area contributed by atoms with Crippen molar-refractivity contribution < 1.29 is 9.18 Å². The van der Waals surface area contributed by atoms with Crippen LogP contribution in [0, 0.1) is 17.7 Å². The summed E-state index contributed by atoms with van der Waals surface area (Å²) in [5.41, 5.74) is 6.97. The second kappa shape index (κ2) is 6.78. The predicted molar refractivity (Wildman–Crippen MR) is 84.7 cm³/mol. The van der Waals surface area contributed by atoms with Gasteiger partial charge in [-0.15, -0.1) is 0 Å². The van der Waals surface area contributed by atoms with Gasteiger partial charge in [0.25, 0.3) is 0 Å². The summed E-state index contributed by atoms with van der Waals surface area (Å²) < 4.78 is 13.2. The molecule has 1 saturated heterocycles. The Kier molecular flexibility index (Phi) is 4.77. The average molecular weight is 304 g/mol. The van der Waals surface area contributed by atoms with Crippen molar-refractivity contribution >= 4 is 5.91 Å². The van der Waals surface area contributed by atoms with Gasteiger partial charge < -0.3 is 10.6 Å². The van der Waals surface area contributed by atoms with Crippen molar-refractivity contribution in [2.75, 3.05) is 13.1 Å². The number of nitrogens with zero attached hydrogens (tertiary/aromatic N) is 1. The van der Waals surface area contributed by atoms with Crippen LogP contribution in [0.5, 0.6) is 0 Å². The first kappa shape index (κ1) is 15.5. The maximum atomic E-state index is 13.2. The van der Waals surface area contributed by atoms with Crippen molar-refractivity contribution in [1.82, 2.24) is 4.90 Å². The average Bonchev–Trinajstić information content (AvgIpc) is 2.94. The van der Waals surface area contributed by atoms with Crippen molar-refractivity contribution in [3.8, 4) is 0 Å². The lowest BCUT2D eigenvalue weighted by molar-refractivity contribution is -0.136. The van der Waals surface area contributed by atoms with Crippen LogP contribution in [0.3, 0.4) is 0 Å². The topological polar surface area (TPSA) is 46.3 Å². The van der Waals surface area contributed by atoms with E-state index in [2.05, 4.69) is 0 Å². The number of nitrogens with two attached hydrogens (primary N) is 1. The number of hydrogen-bond donors (Lipinski definition) is 1. The summed E-state index contributed by atoms with van der Waals surface area (Å²) >= 11 is 0. The molecule has 2 unspecified atom stereocenters. The van der Waals surface area contributed by atoms with Crippen LogP contribution in [0.4, 0.5) is 4.39 Å². The highest BCUT2D eigenvalue weighted by Crippen LogP contribution is 2.29. The van der Waals surface area contributed by atoms with E-state index >= 15 is 0 Å². The second-order valence-corrected chi connectivity index (χ2v) is 6.87. The quantitative estimate of drug-likeness (QED) is 0.933. The lowest BCUT2D eigenvalue weighted by Gasteiger charge is -2.33. The Morgan fingerprint density at radius 2 is 2.00 bits per heavy atom. The highest BCUT2D eigenvalue weighted by Gasteiger charge is 2.32. The molecule has 0 aromatic heterocycles. The minimum atomic E-state index is -0.164. The summed E-state index contributed by atoms with van der Waals surface area (Å²) in [5.74, 6) is 0.839. The molecule has 0 radical (unpaired) electrons. The van der Waals surface area contributed by atoms with Crippen LogP contribution in [0.1, 0.15) is 37.7 Å². The van der Waals surface area contributed by atoms with E-state index in [1.165, 1.54) is 6.07 Å². The Bertz CT molecular complexity index is 526.